The molecule has 1 unspecified atom stereocenters. The lowest BCUT2D eigenvalue weighted by molar-refractivity contribution is 0.204. The van der Waals surface area contributed by atoms with Crippen molar-refractivity contribution in [1.82, 2.24) is 15.1 Å². The number of nitrogens with zero attached hydrogens (tertiary/aromatic N) is 2. The maximum atomic E-state index is 12.0. The van der Waals surface area contributed by atoms with Crippen molar-refractivity contribution in [3.05, 3.63) is 48.2 Å². The topological polar surface area (TPSA) is 79.2 Å². The van der Waals surface area contributed by atoms with E-state index in [1.54, 1.807) is 6.07 Å². The van der Waals surface area contributed by atoms with E-state index in [4.69, 9.17) is 5.11 Å². The van der Waals surface area contributed by atoms with Crippen LogP contribution in [0.5, 0.6) is 0 Å². The van der Waals surface area contributed by atoms with Crippen molar-refractivity contribution >= 4 is 11.8 Å². The first-order valence-electron chi connectivity index (χ1n) is 8.17. The molecule has 0 fully saturated rings. The molecule has 6 heteroatoms. The van der Waals surface area contributed by atoms with Gasteiger partial charge in [0.25, 0.3) is 0 Å². The molecule has 1 heterocycles. The van der Waals surface area contributed by atoms with Gasteiger partial charge in [-0.15, -0.1) is 0 Å². The summed E-state index contributed by atoms with van der Waals surface area (Å²) in [6, 6.07) is 11.6. The van der Waals surface area contributed by atoms with Crippen molar-refractivity contribution < 1.29 is 9.90 Å². The number of hydrogen-bond acceptors (Lipinski definition) is 3. The summed E-state index contributed by atoms with van der Waals surface area (Å²) in [7, 11) is 0. The first-order valence-corrected chi connectivity index (χ1v) is 8.17. The third kappa shape index (κ3) is 5.09. The number of benzene rings is 1. The van der Waals surface area contributed by atoms with Gasteiger partial charge in [0.1, 0.15) is 0 Å². The van der Waals surface area contributed by atoms with E-state index in [1.165, 1.54) is 0 Å². The van der Waals surface area contributed by atoms with Crippen molar-refractivity contribution in [1.29, 1.82) is 0 Å². The number of rotatable bonds is 7. The number of carbonyl (C=O) groups is 1. The van der Waals surface area contributed by atoms with Gasteiger partial charge in [-0.1, -0.05) is 44.2 Å². The number of nitrogens with one attached hydrogen (secondary N) is 2. The van der Waals surface area contributed by atoms with Crippen LogP contribution in [0.2, 0.25) is 0 Å². The minimum absolute atomic E-state index is 0.0910. The monoisotopic (exact) mass is 330 g/mol. The zero-order valence-corrected chi connectivity index (χ0v) is 14.5. The second-order valence-electron chi connectivity index (χ2n) is 6.71. The minimum Gasteiger partial charge on any atom is -0.396 e. The normalized spacial score (nSPS) is 12.7. The van der Waals surface area contributed by atoms with E-state index in [1.807, 2.05) is 42.9 Å². The Balaban J connectivity index is 1.90. The number of anilines is 1. The van der Waals surface area contributed by atoms with Gasteiger partial charge in [-0.3, -0.25) is 10.00 Å². The second kappa shape index (κ2) is 7.97. The number of carbonyl (C=O) groups excluding carboxylic acids is 1. The molecule has 0 saturated carbocycles. The standard InChI is InChI=1S/C18H26N4O2/c1-14(15-7-5-4-6-8-15)22-11-9-16(21-22)20-17(24)19-13-18(2,3)10-12-23/h4-9,11,14,23H,10,12-13H2,1-3H3,(H2,19,20,21,24). The summed E-state index contributed by atoms with van der Waals surface area (Å²) in [5, 5.41) is 19.0. The molecule has 0 aliphatic carbocycles. The van der Waals surface area contributed by atoms with Crippen LogP contribution in [0.1, 0.15) is 38.8 Å². The van der Waals surface area contributed by atoms with Gasteiger partial charge in [-0.25, -0.2) is 4.79 Å². The highest BCUT2D eigenvalue weighted by atomic mass is 16.3. The lowest BCUT2D eigenvalue weighted by Crippen LogP contribution is -2.37. The van der Waals surface area contributed by atoms with Crippen LogP contribution < -0.4 is 10.6 Å². The van der Waals surface area contributed by atoms with Gasteiger partial charge in [0.05, 0.1) is 6.04 Å². The minimum atomic E-state index is -0.293. The molecule has 2 rings (SSSR count). The van der Waals surface area contributed by atoms with Crippen LogP contribution in [0.3, 0.4) is 0 Å². The van der Waals surface area contributed by atoms with Crippen molar-refractivity contribution in [2.75, 3.05) is 18.5 Å². The maximum absolute atomic E-state index is 12.0. The molecule has 130 valence electrons. The van der Waals surface area contributed by atoms with Crippen molar-refractivity contribution in [3.63, 3.8) is 0 Å². The average Bonchev–Trinajstić information content (AvgIpc) is 3.01. The molecule has 0 bridgehead atoms. The van der Waals surface area contributed by atoms with Crippen molar-refractivity contribution in [3.8, 4) is 0 Å². The molecule has 0 spiro atoms. The summed E-state index contributed by atoms with van der Waals surface area (Å²) in [5.74, 6) is 0.509. The molecule has 0 aliphatic rings. The van der Waals surface area contributed by atoms with Gasteiger partial charge in [0.2, 0.25) is 0 Å². The fourth-order valence-electron chi connectivity index (χ4n) is 2.38. The van der Waals surface area contributed by atoms with E-state index in [9.17, 15) is 4.79 Å². The molecule has 24 heavy (non-hydrogen) atoms. The first-order chi connectivity index (χ1) is 11.4. The van der Waals surface area contributed by atoms with Gasteiger partial charge in [-0.05, 0) is 24.3 Å². The molecule has 0 aliphatic heterocycles. The number of aliphatic hydroxyl groups excluding tert-OH is 1. The summed E-state index contributed by atoms with van der Waals surface area (Å²) in [4.78, 5) is 12.0. The Bertz CT molecular complexity index is 652. The molecule has 1 atom stereocenters. The highest BCUT2D eigenvalue weighted by Crippen LogP contribution is 2.19. The van der Waals surface area contributed by atoms with Crippen molar-refractivity contribution in [2.24, 2.45) is 5.41 Å². The van der Waals surface area contributed by atoms with Crippen LogP contribution in [0.25, 0.3) is 0 Å². The van der Waals surface area contributed by atoms with Crippen LogP contribution in [-0.2, 0) is 0 Å². The molecule has 0 radical (unpaired) electrons. The Hall–Kier alpha value is -2.34. The first kappa shape index (κ1) is 18.0. The highest BCUT2D eigenvalue weighted by Gasteiger charge is 2.18. The number of amides is 2. The summed E-state index contributed by atoms with van der Waals surface area (Å²) < 4.78 is 1.82. The number of urea groups is 1. The molecular formula is C18H26N4O2. The SMILES string of the molecule is CC(c1ccccc1)n1ccc(NC(=O)NCC(C)(C)CCO)n1. The number of hydrogen-bond donors (Lipinski definition) is 3. The Morgan fingerprint density at radius 1 is 1.29 bits per heavy atom. The van der Waals surface area contributed by atoms with Gasteiger partial charge >= 0.3 is 6.03 Å². The molecule has 2 aromatic rings. The fraction of sp³-hybridized carbons (Fsp3) is 0.444. The van der Waals surface area contributed by atoms with Gasteiger partial charge < -0.3 is 10.4 Å². The zero-order chi connectivity index (χ0) is 17.6. The van der Waals surface area contributed by atoms with Crippen LogP contribution in [0.4, 0.5) is 10.6 Å². The van der Waals surface area contributed by atoms with Crippen LogP contribution in [0, 0.1) is 5.41 Å². The molecule has 3 N–H and O–H groups in total. The molecule has 2 amide bonds. The van der Waals surface area contributed by atoms with E-state index < -0.39 is 0 Å². The largest absolute Gasteiger partial charge is 0.396 e. The number of aromatic nitrogens is 2. The molecular weight excluding hydrogens is 304 g/mol. The average molecular weight is 330 g/mol. The predicted molar refractivity (Wildman–Crippen MR) is 95.0 cm³/mol. The predicted octanol–water partition coefficient (Wildman–Crippen LogP) is 3.02. The van der Waals surface area contributed by atoms with E-state index in [0.717, 1.165) is 5.56 Å². The summed E-state index contributed by atoms with van der Waals surface area (Å²) in [6.45, 7) is 6.65. The third-order valence-corrected chi connectivity index (χ3v) is 4.04. The third-order valence-electron chi connectivity index (χ3n) is 4.04. The lowest BCUT2D eigenvalue weighted by atomic mass is 9.90. The molecule has 1 aromatic carbocycles. The summed E-state index contributed by atoms with van der Waals surface area (Å²) in [6.07, 6.45) is 2.49. The van der Waals surface area contributed by atoms with E-state index >= 15 is 0 Å². The van der Waals surface area contributed by atoms with Gasteiger partial charge in [0.15, 0.2) is 5.82 Å². The van der Waals surface area contributed by atoms with Crippen LogP contribution in [0.15, 0.2) is 42.6 Å². The van der Waals surface area contributed by atoms with Gasteiger partial charge in [-0.2, -0.15) is 5.10 Å². The molecule has 1 aromatic heterocycles. The Morgan fingerprint density at radius 2 is 2.00 bits per heavy atom. The van der Waals surface area contributed by atoms with Crippen LogP contribution in [-0.4, -0.2) is 34.1 Å². The zero-order valence-electron chi connectivity index (χ0n) is 14.5. The van der Waals surface area contributed by atoms with E-state index in [0.29, 0.717) is 18.8 Å². The lowest BCUT2D eigenvalue weighted by Gasteiger charge is -2.23. The highest BCUT2D eigenvalue weighted by molar-refractivity contribution is 5.88. The molecule has 6 nitrogen and oxygen atoms in total. The fourth-order valence-corrected chi connectivity index (χ4v) is 2.38. The Morgan fingerprint density at radius 3 is 2.67 bits per heavy atom. The van der Waals surface area contributed by atoms with Crippen LogP contribution >= 0.6 is 0 Å². The summed E-state index contributed by atoms with van der Waals surface area (Å²) >= 11 is 0. The van der Waals surface area contributed by atoms with Gasteiger partial charge in [0, 0.05) is 25.4 Å². The second-order valence-corrected chi connectivity index (χ2v) is 6.71. The Labute approximate surface area is 142 Å². The van der Waals surface area contributed by atoms with Crippen molar-refractivity contribution in [2.45, 2.75) is 33.2 Å². The number of aliphatic hydroxyl groups is 1. The van der Waals surface area contributed by atoms with E-state index in [-0.39, 0.29) is 24.1 Å². The van der Waals surface area contributed by atoms with E-state index in [2.05, 4.69) is 34.8 Å². The molecule has 0 saturated heterocycles. The maximum Gasteiger partial charge on any atom is 0.320 e. The summed E-state index contributed by atoms with van der Waals surface area (Å²) in [5.41, 5.74) is 1.01. The smallest absolute Gasteiger partial charge is 0.320 e. The quantitative estimate of drug-likeness (QED) is 0.730. The Kier molecular flexibility index (Phi) is 5.98.